The number of carbonyl (C=O) groups excluding carboxylic acids is 1. The molecule has 0 amide bonds. The first-order valence-corrected chi connectivity index (χ1v) is 12.2. The standard InChI is InChI=1S/C22H34O2.2C2H6/c1-13-11-19(14(2)23)22(4)10-8-18-17(20(13)22)6-5-15-12-16(24)7-9-21(15,18)3;2*1-2/h5,13,16-20,24H,6-12H2,1-4H3;2*1-2H3. The van der Waals surface area contributed by atoms with Crippen molar-refractivity contribution in [3.05, 3.63) is 11.6 Å². The number of fused-ring (bicyclic) bond motifs is 5. The lowest BCUT2D eigenvalue weighted by atomic mass is 9.46. The molecule has 4 aliphatic rings. The van der Waals surface area contributed by atoms with E-state index in [-0.39, 0.29) is 17.4 Å². The summed E-state index contributed by atoms with van der Waals surface area (Å²) in [6, 6.07) is 0. The van der Waals surface area contributed by atoms with Crippen molar-refractivity contribution in [2.45, 2.75) is 106 Å². The van der Waals surface area contributed by atoms with Gasteiger partial charge >= 0.3 is 0 Å². The Morgan fingerprint density at radius 1 is 1.11 bits per heavy atom. The number of aliphatic hydroxyl groups is 1. The molecule has 2 nitrogen and oxygen atoms in total. The van der Waals surface area contributed by atoms with Gasteiger partial charge < -0.3 is 5.11 Å². The highest BCUT2D eigenvalue weighted by Crippen LogP contribution is 2.67. The average Bonchev–Trinajstić information content (AvgIpc) is 2.97. The van der Waals surface area contributed by atoms with E-state index in [9.17, 15) is 9.90 Å². The third kappa shape index (κ3) is 3.64. The summed E-state index contributed by atoms with van der Waals surface area (Å²) < 4.78 is 0. The van der Waals surface area contributed by atoms with Crippen LogP contribution >= 0.6 is 0 Å². The molecular formula is C26H46O2. The number of allylic oxidation sites excluding steroid dienone is 1. The topological polar surface area (TPSA) is 37.3 Å². The molecule has 162 valence electrons. The molecule has 0 aromatic rings. The Kier molecular flexibility index (Phi) is 7.62. The van der Waals surface area contributed by atoms with Gasteiger partial charge in [-0.1, -0.05) is 60.1 Å². The maximum absolute atomic E-state index is 12.3. The summed E-state index contributed by atoms with van der Waals surface area (Å²) in [7, 11) is 0. The molecular weight excluding hydrogens is 344 g/mol. The van der Waals surface area contributed by atoms with E-state index in [1.54, 1.807) is 5.57 Å². The summed E-state index contributed by atoms with van der Waals surface area (Å²) in [6.45, 7) is 17.1. The number of rotatable bonds is 1. The fraction of sp³-hybridized carbons (Fsp3) is 0.885. The highest BCUT2D eigenvalue weighted by molar-refractivity contribution is 5.79. The van der Waals surface area contributed by atoms with Gasteiger partial charge in [-0.15, -0.1) is 0 Å². The largest absolute Gasteiger partial charge is 0.393 e. The Bertz CT molecular complexity index is 579. The van der Waals surface area contributed by atoms with Gasteiger partial charge in [-0.05, 0) is 86.4 Å². The average molecular weight is 391 g/mol. The maximum atomic E-state index is 12.3. The fourth-order valence-corrected chi connectivity index (χ4v) is 7.82. The van der Waals surface area contributed by atoms with Crippen molar-refractivity contribution in [3.63, 3.8) is 0 Å². The van der Waals surface area contributed by atoms with Gasteiger partial charge in [0.1, 0.15) is 5.78 Å². The molecule has 3 fully saturated rings. The molecule has 4 aliphatic carbocycles. The smallest absolute Gasteiger partial charge is 0.133 e. The second kappa shape index (κ2) is 9.02. The van der Waals surface area contributed by atoms with E-state index in [1.165, 1.54) is 19.3 Å². The lowest BCUT2D eigenvalue weighted by Gasteiger charge is -2.58. The molecule has 0 spiro atoms. The van der Waals surface area contributed by atoms with Gasteiger partial charge in [0.2, 0.25) is 0 Å². The first-order valence-electron chi connectivity index (χ1n) is 12.2. The second-order valence-corrected chi connectivity index (χ2v) is 10.00. The van der Waals surface area contributed by atoms with E-state index in [2.05, 4.69) is 26.8 Å². The van der Waals surface area contributed by atoms with E-state index in [4.69, 9.17) is 0 Å². The number of Topliss-reactive ketones (excluding diaryl/α,β-unsaturated/α-hetero) is 1. The van der Waals surface area contributed by atoms with Gasteiger partial charge in [-0.25, -0.2) is 0 Å². The van der Waals surface area contributed by atoms with Gasteiger partial charge in [0.25, 0.3) is 0 Å². The molecule has 0 aromatic carbocycles. The van der Waals surface area contributed by atoms with Crippen LogP contribution in [0.25, 0.3) is 0 Å². The summed E-state index contributed by atoms with van der Waals surface area (Å²) in [5.74, 6) is 3.58. The number of carbonyl (C=O) groups is 1. The number of aliphatic hydroxyl groups excluding tert-OH is 1. The monoisotopic (exact) mass is 390 g/mol. The molecule has 0 aromatic heterocycles. The molecule has 0 radical (unpaired) electrons. The van der Waals surface area contributed by atoms with Gasteiger partial charge in [-0.2, -0.15) is 0 Å². The van der Waals surface area contributed by atoms with Crippen LogP contribution in [0.1, 0.15) is 100 Å². The molecule has 8 atom stereocenters. The summed E-state index contributed by atoms with van der Waals surface area (Å²) in [5, 5.41) is 10.1. The zero-order chi connectivity index (χ0) is 21.3. The van der Waals surface area contributed by atoms with E-state index in [0.29, 0.717) is 23.0 Å². The first kappa shape index (κ1) is 23.6. The minimum absolute atomic E-state index is 0.123. The number of hydrogen-bond donors (Lipinski definition) is 1. The van der Waals surface area contributed by atoms with Crippen LogP contribution in [0.15, 0.2) is 11.6 Å². The highest BCUT2D eigenvalue weighted by atomic mass is 16.3. The molecule has 0 saturated heterocycles. The zero-order valence-corrected chi connectivity index (χ0v) is 19.8. The third-order valence-electron chi connectivity index (χ3n) is 8.88. The van der Waals surface area contributed by atoms with Crippen LogP contribution in [0.4, 0.5) is 0 Å². The Labute approximate surface area is 174 Å². The van der Waals surface area contributed by atoms with Crippen LogP contribution in [0.5, 0.6) is 0 Å². The molecule has 3 saturated carbocycles. The van der Waals surface area contributed by atoms with Crippen LogP contribution in [0, 0.1) is 40.4 Å². The van der Waals surface area contributed by atoms with Crippen molar-refractivity contribution in [2.75, 3.05) is 0 Å². The minimum Gasteiger partial charge on any atom is -0.393 e. The van der Waals surface area contributed by atoms with Gasteiger partial charge in [0.15, 0.2) is 0 Å². The maximum Gasteiger partial charge on any atom is 0.133 e. The van der Waals surface area contributed by atoms with Gasteiger partial charge in [0, 0.05) is 5.92 Å². The first-order chi connectivity index (χ1) is 13.3. The van der Waals surface area contributed by atoms with Crippen molar-refractivity contribution in [2.24, 2.45) is 40.4 Å². The van der Waals surface area contributed by atoms with Crippen LogP contribution < -0.4 is 0 Å². The van der Waals surface area contributed by atoms with Crippen LogP contribution in [0.2, 0.25) is 0 Å². The van der Waals surface area contributed by atoms with Crippen LogP contribution in [-0.4, -0.2) is 17.0 Å². The second-order valence-electron chi connectivity index (χ2n) is 10.00. The van der Waals surface area contributed by atoms with E-state index >= 15 is 0 Å². The Morgan fingerprint density at radius 3 is 2.36 bits per heavy atom. The zero-order valence-electron chi connectivity index (χ0n) is 19.8. The summed E-state index contributed by atoms with van der Waals surface area (Å²) in [4.78, 5) is 12.3. The molecule has 8 unspecified atom stereocenters. The lowest BCUT2D eigenvalue weighted by Crippen LogP contribution is -2.51. The van der Waals surface area contributed by atoms with Crippen molar-refractivity contribution in [1.82, 2.24) is 0 Å². The predicted octanol–water partition coefficient (Wildman–Crippen LogP) is 6.81. The van der Waals surface area contributed by atoms with Crippen molar-refractivity contribution >= 4 is 5.78 Å². The summed E-state index contributed by atoms with van der Waals surface area (Å²) in [5.41, 5.74) is 2.07. The van der Waals surface area contributed by atoms with Crippen molar-refractivity contribution < 1.29 is 9.90 Å². The SMILES string of the molecule is CC.CC.CC(=O)C1CC(C)C2C3CC=C4CC(O)CCC4(C)C3CCC12C. The molecule has 1 N–H and O–H groups in total. The fourth-order valence-electron chi connectivity index (χ4n) is 7.82. The van der Waals surface area contributed by atoms with Crippen LogP contribution in [-0.2, 0) is 4.79 Å². The number of ketones is 1. The minimum atomic E-state index is -0.123. The van der Waals surface area contributed by atoms with E-state index < -0.39 is 0 Å². The Hall–Kier alpha value is -0.630. The van der Waals surface area contributed by atoms with Crippen molar-refractivity contribution in [3.8, 4) is 0 Å². The van der Waals surface area contributed by atoms with Gasteiger partial charge in [0.05, 0.1) is 6.10 Å². The molecule has 28 heavy (non-hydrogen) atoms. The molecule has 0 bridgehead atoms. The summed E-state index contributed by atoms with van der Waals surface area (Å²) in [6.07, 6.45) is 10.2. The Morgan fingerprint density at radius 2 is 1.75 bits per heavy atom. The molecule has 2 heteroatoms. The van der Waals surface area contributed by atoms with Crippen LogP contribution in [0.3, 0.4) is 0 Å². The summed E-state index contributed by atoms with van der Waals surface area (Å²) >= 11 is 0. The highest BCUT2D eigenvalue weighted by Gasteiger charge is 2.61. The van der Waals surface area contributed by atoms with E-state index in [0.717, 1.165) is 37.5 Å². The third-order valence-corrected chi connectivity index (χ3v) is 8.88. The molecule has 4 rings (SSSR count). The quantitative estimate of drug-likeness (QED) is 0.499. The Balaban J connectivity index is 0.000000660. The predicted molar refractivity (Wildman–Crippen MR) is 119 cm³/mol. The van der Waals surface area contributed by atoms with E-state index in [1.807, 2.05) is 34.6 Å². The number of hydrogen-bond acceptors (Lipinski definition) is 2. The molecule has 0 heterocycles. The van der Waals surface area contributed by atoms with Crippen molar-refractivity contribution in [1.29, 1.82) is 0 Å². The lowest BCUT2D eigenvalue weighted by molar-refractivity contribution is -0.127. The van der Waals surface area contributed by atoms with Gasteiger partial charge in [-0.3, -0.25) is 4.79 Å². The molecule has 0 aliphatic heterocycles. The normalized spacial score (nSPS) is 46.4.